The Morgan fingerprint density at radius 3 is 2.83 bits per heavy atom. The van der Waals surface area contributed by atoms with Crippen LogP contribution < -0.4 is 5.73 Å². The molecule has 0 atom stereocenters. The van der Waals surface area contributed by atoms with Gasteiger partial charge < -0.3 is 10.8 Å². The molecule has 1 aromatic heterocycles. The zero-order valence-corrected chi connectivity index (χ0v) is 11.0. The van der Waals surface area contributed by atoms with Gasteiger partial charge in [-0.15, -0.1) is 11.3 Å². The van der Waals surface area contributed by atoms with Crippen LogP contribution in [0.3, 0.4) is 0 Å². The Kier molecular flexibility index (Phi) is 3.79. The van der Waals surface area contributed by atoms with Crippen molar-refractivity contribution in [3.05, 3.63) is 40.1 Å². The lowest BCUT2D eigenvalue weighted by atomic mass is 10.0. The Bertz CT molecular complexity index is 575. The number of thiophene rings is 1. The van der Waals surface area contributed by atoms with Gasteiger partial charge in [-0.3, -0.25) is 4.79 Å². The third-order valence-electron chi connectivity index (χ3n) is 2.84. The quantitative estimate of drug-likeness (QED) is 0.657. The van der Waals surface area contributed by atoms with Crippen LogP contribution in [-0.4, -0.2) is 17.5 Å². The number of ketones is 1. The van der Waals surface area contributed by atoms with Crippen LogP contribution in [0.5, 0.6) is 0 Å². The van der Waals surface area contributed by atoms with Crippen molar-refractivity contribution < 1.29 is 9.90 Å². The highest BCUT2D eigenvalue weighted by Crippen LogP contribution is 2.32. The number of carbonyl (C=O) groups excluding carboxylic acids is 1. The Labute approximate surface area is 110 Å². The number of nitrogen functional groups attached to an aromatic ring is 1. The van der Waals surface area contributed by atoms with E-state index < -0.39 is 0 Å². The summed E-state index contributed by atoms with van der Waals surface area (Å²) < 4.78 is 0. The fourth-order valence-corrected chi connectivity index (χ4v) is 2.68. The molecule has 0 aliphatic rings. The number of para-hydroxylation sites is 1. The maximum atomic E-state index is 11.3. The summed E-state index contributed by atoms with van der Waals surface area (Å²) in [4.78, 5) is 12.0. The maximum Gasteiger partial charge on any atom is 0.169 e. The van der Waals surface area contributed by atoms with Crippen molar-refractivity contribution in [2.75, 3.05) is 12.3 Å². The molecule has 18 heavy (non-hydrogen) atoms. The van der Waals surface area contributed by atoms with Gasteiger partial charge in [0.1, 0.15) is 0 Å². The van der Waals surface area contributed by atoms with Crippen molar-refractivity contribution >= 4 is 22.8 Å². The molecule has 1 aromatic carbocycles. The SMILES string of the molecule is CC(=O)c1cc(-c2cccc(CCO)c2N)cs1. The van der Waals surface area contributed by atoms with Crippen molar-refractivity contribution in [2.24, 2.45) is 0 Å². The van der Waals surface area contributed by atoms with Gasteiger partial charge in [-0.1, -0.05) is 18.2 Å². The number of aliphatic hydroxyl groups is 1. The largest absolute Gasteiger partial charge is 0.398 e. The van der Waals surface area contributed by atoms with Crippen molar-refractivity contribution in [3.8, 4) is 11.1 Å². The van der Waals surface area contributed by atoms with Gasteiger partial charge in [-0.2, -0.15) is 0 Å². The summed E-state index contributed by atoms with van der Waals surface area (Å²) in [6.07, 6.45) is 0.545. The van der Waals surface area contributed by atoms with Crippen LogP contribution in [0.4, 0.5) is 5.69 Å². The molecule has 94 valence electrons. The minimum atomic E-state index is 0.0661. The average molecular weight is 261 g/mol. The van der Waals surface area contributed by atoms with Gasteiger partial charge in [0.2, 0.25) is 0 Å². The molecule has 4 heteroatoms. The summed E-state index contributed by atoms with van der Waals surface area (Å²) in [6, 6.07) is 7.62. The summed E-state index contributed by atoms with van der Waals surface area (Å²) >= 11 is 1.43. The predicted octanol–water partition coefficient (Wildman–Crippen LogP) is 2.73. The van der Waals surface area contributed by atoms with Crippen molar-refractivity contribution in [2.45, 2.75) is 13.3 Å². The van der Waals surface area contributed by atoms with Crippen LogP contribution in [0.1, 0.15) is 22.2 Å². The number of aliphatic hydroxyl groups excluding tert-OH is 1. The summed E-state index contributed by atoms with van der Waals surface area (Å²) in [6.45, 7) is 1.64. The Morgan fingerprint density at radius 1 is 1.44 bits per heavy atom. The number of hydrogen-bond donors (Lipinski definition) is 2. The Hall–Kier alpha value is -1.65. The third-order valence-corrected chi connectivity index (χ3v) is 3.87. The molecule has 0 amide bonds. The highest BCUT2D eigenvalue weighted by molar-refractivity contribution is 7.12. The fraction of sp³-hybridized carbons (Fsp3) is 0.214. The molecule has 0 saturated heterocycles. The van der Waals surface area contributed by atoms with E-state index >= 15 is 0 Å². The normalized spacial score (nSPS) is 10.6. The van der Waals surface area contributed by atoms with Crippen molar-refractivity contribution in [1.29, 1.82) is 0 Å². The third kappa shape index (κ3) is 2.44. The van der Waals surface area contributed by atoms with Gasteiger partial charge in [-0.25, -0.2) is 0 Å². The molecule has 2 rings (SSSR count). The number of hydrogen-bond acceptors (Lipinski definition) is 4. The molecule has 0 radical (unpaired) electrons. The first kappa shape index (κ1) is 12.8. The van der Waals surface area contributed by atoms with E-state index in [1.807, 2.05) is 29.6 Å². The van der Waals surface area contributed by atoms with Crippen LogP contribution in [0.2, 0.25) is 0 Å². The monoisotopic (exact) mass is 261 g/mol. The highest BCUT2D eigenvalue weighted by atomic mass is 32.1. The summed E-state index contributed by atoms with van der Waals surface area (Å²) in [7, 11) is 0. The van der Waals surface area contributed by atoms with Crippen LogP contribution in [-0.2, 0) is 6.42 Å². The van der Waals surface area contributed by atoms with Gasteiger partial charge >= 0.3 is 0 Å². The maximum absolute atomic E-state index is 11.3. The predicted molar refractivity (Wildman–Crippen MR) is 75.0 cm³/mol. The second-order valence-corrected chi connectivity index (χ2v) is 5.02. The van der Waals surface area contributed by atoms with Gasteiger partial charge in [0.25, 0.3) is 0 Å². The number of rotatable bonds is 4. The standard InChI is InChI=1S/C14H15NO2S/c1-9(17)13-7-11(8-18-13)12-4-2-3-10(5-6-16)14(12)15/h2-4,7-8,16H,5-6,15H2,1H3. The topological polar surface area (TPSA) is 63.3 Å². The van der Waals surface area contributed by atoms with E-state index in [1.54, 1.807) is 6.92 Å². The molecule has 3 N–H and O–H groups in total. The molecule has 0 bridgehead atoms. The minimum Gasteiger partial charge on any atom is -0.398 e. The molecule has 0 unspecified atom stereocenters. The van der Waals surface area contributed by atoms with Crippen LogP contribution in [0, 0.1) is 0 Å². The Morgan fingerprint density at radius 2 is 2.22 bits per heavy atom. The second kappa shape index (κ2) is 5.33. The lowest BCUT2D eigenvalue weighted by molar-refractivity contribution is 0.102. The molecule has 2 aromatic rings. The van der Waals surface area contributed by atoms with E-state index in [1.165, 1.54) is 11.3 Å². The van der Waals surface area contributed by atoms with Gasteiger partial charge in [0.05, 0.1) is 4.88 Å². The molecular formula is C14H15NO2S. The average Bonchev–Trinajstić information content (AvgIpc) is 2.81. The molecule has 0 aliphatic carbocycles. The van der Waals surface area contributed by atoms with Gasteiger partial charge in [0, 0.05) is 17.9 Å². The zero-order chi connectivity index (χ0) is 13.1. The first-order valence-corrected chi connectivity index (χ1v) is 6.59. The van der Waals surface area contributed by atoms with E-state index in [0.29, 0.717) is 12.1 Å². The molecule has 3 nitrogen and oxygen atoms in total. The first-order valence-electron chi connectivity index (χ1n) is 5.71. The summed E-state index contributed by atoms with van der Waals surface area (Å²) in [5, 5.41) is 10.9. The van der Waals surface area contributed by atoms with Crippen LogP contribution in [0.15, 0.2) is 29.6 Å². The minimum absolute atomic E-state index is 0.0661. The molecule has 0 fully saturated rings. The van der Waals surface area contributed by atoms with E-state index in [9.17, 15) is 4.79 Å². The number of nitrogens with two attached hydrogens (primary N) is 1. The molecular weight excluding hydrogens is 246 g/mol. The Balaban J connectivity index is 2.43. The molecule has 1 heterocycles. The molecule has 0 saturated carbocycles. The van der Waals surface area contributed by atoms with E-state index in [4.69, 9.17) is 10.8 Å². The smallest absolute Gasteiger partial charge is 0.169 e. The highest BCUT2D eigenvalue weighted by Gasteiger charge is 2.10. The first-order chi connectivity index (χ1) is 8.63. The zero-order valence-electron chi connectivity index (χ0n) is 10.1. The lowest BCUT2D eigenvalue weighted by Gasteiger charge is -2.08. The number of anilines is 1. The lowest BCUT2D eigenvalue weighted by Crippen LogP contribution is -1.99. The molecule has 0 aliphatic heterocycles. The number of carbonyl (C=O) groups is 1. The van der Waals surface area contributed by atoms with E-state index in [0.717, 1.165) is 21.6 Å². The molecule has 0 spiro atoms. The summed E-state index contributed by atoms with van der Waals surface area (Å²) in [5.41, 5.74) is 9.59. The van der Waals surface area contributed by atoms with Crippen molar-refractivity contribution in [3.63, 3.8) is 0 Å². The summed E-state index contributed by atoms with van der Waals surface area (Å²) in [5.74, 6) is 0.0661. The van der Waals surface area contributed by atoms with Crippen molar-refractivity contribution in [1.82, 2.24) is 0 Å². The van der Waals surface area contributed by atoms with Gasteiger partial charge in [0.15, 0.2) is 5.78 Å². The van der Waals surface area contributed by atoms with Crippen LogP contribution in [0.25, 0.3) is 11.1 Å². The second-order valence-electron chi connectivity index (χ2n) is 4.11. The van der Waals surface area contributed by atoms with Gasteiger partial charge in [-0.05, 0) is 35.9 Å². The fourth-order valence-electron chi connectivity index (χ4n) is 1.87. The number of benzene rings is 1. The van der Waals surface area contributed by atoms with E-state index in [2.05, 4.69) is 0 Å². The van der Waals surface area contributed by atoms with Crippen LogP contribution >= 0.6 is 11.3 Å². The number of Topliss-reactive ketones (excluding diaryl/α,β-unsaturated/α-hetero) is 1. The van der Waals surface area contributed by atoms with E-state index in [-0.39, 0.29) is 12.4 Å².